The van der Waals surface area contributed by atoms with Gasteiger partial charge in [0.15, 0.2) is 11.5 Å². The van der Waals surface area contributed by atoms with E-state index < -0.39 is 23.3 Å². The highest BCUT2D eigenvalue weighted by molar-refractivity contribution is 6.26. The summed E-state index contributed by atoms with van der Waals surface area (Å²) < 4.78 is 11.6. The van der Waals surface area contributed by atoms with Gasteiger partial charge in [-0.1, -0.05) is 36.4 Å². The molecule has 0 radical (unpaired) electrons. The van der Waals surface area contributed by atoms with Crippen LogP contribution in [0.2, 0.25) is 0 Å². The normalized spacial score (nSPS) is 22.1. The molecule has 0 saturated carbocycles. The molecule has 0 unspecified atom stereocenters. The number of hydrogen-bond donors (Lipinski definition) is 1. The predicted molar refractivity (Wildman–Crippen MR) is 116 cm³/mol. The molecule has 1 aliphatic heterocycles. The zero-order valence-electron chi connectivity index (χ0n) is 18.4. The molecule has 164 valence electrons. The maximum atomic E-state index is 13.0. The fourth-order valence-electron chi connectivity index (χ4n) is 3.63. The number of hydrogen-bond acceptors (Lipinski definition) is 6. The maximum absolute atomic E-state index is 13.0. The molecule has 0 saturated heterocycles. The molecule has 0 fully saturated rings. The van der Waals surface area contributed by atoms with Gasteiger partial charge in [-0.15, -0.1) is 6.58 Å². The molecule has 1 aromatic carbocycles. The van der Waals surface area contributed by atoms with Crippen molar-refractivity contribution in [3.8, 4) is 0 Å². The van der Waals surface area contributed by atoms with Crippen LogP contribution in [0.4, 0.5) is 0 Å². The minimum Gasteiger partial charge on any atom is -0.479 e. The van der Waals surface area contributed by atoms with Crippen LogP contribution in [0, 0.1) is 0 Å². The first-order valence-corrected chi connectivity index (χ1v) is 10.3. The summed E-state index contributed by atoms with van der Waals surface area (Å²) in [7, 11) is 0. The monoisotopic (exact) mass is 424 g/mol. The van der Waals surface area contributed by atoms with E-state index in [0.29, 0.717) is 29.5 Å². The molecule has 1 aromatic rings. The van der Waals surface area contributed by atoms with Crippen LogP contribution in [0.3, 0.4) is 0 Å². The van der Waals surface area contributed by atoms with E-state index in [1.54, 1.807) is 58.0 Å². The highest BCUT2D eigenvalue weighted by Crippen LogP contribution is 2.40. The summed E-state index contributed by atoms with van der Waals surface area (Å²) in [6.07, 6.45) is 3.43. The van der Waals surface area contributed by atoms with Crippen molar-refractivity contribution in [3.63, 3.8) is 0 Å². The Morgan fingerprint density at radius 2 is 1.90 bits per heavy atom. The molecular formula is C25H28O6. The molecule has 3 rings (SSSR count). The molecule has 0 spiro atoms. The van der Waals surface area contributed by atoms with E-state index >= 15 is 0 Å². The van der Waals surface area contributed by atoms with Crippen LogP contribution in [-0.2, 0) is 14.3 Å². The van der Waals surface area contributed by atoms with Crippen molar-refractivity contribution in [2.45, 2.75) is 64.3 Å². The average Bonchev–Trinajstić information content (AvgIpc) is 2.72. The Kier molecular flexibility index (Phi) is 6.05. The number of allylic oxidation sites excluding steroid dienone is 2. The zero-order chi connectivity index (χ0) is 23.0. The smallest absolute Gasteiger partial charge is 0.333 e. The molecule has 6 heteroatoms. The lowest BCUT2D eigenvalue weighted by molar-refractivity contribution is -0.161. The van der Waals surface area contributed by atoms with Gasteiger partial charge in [0.05, 0.1) is 11.2 Å². The second-order valence-electron chi connectivity index (χ2n) is 8.80. The van der Waals surface area contributed by atoms with E-state index in [4.69, 9.17) is 9.47 Å². The van der Waals surface area contributed by atoms with Crippen LogP contribution in [0.15, 0.2) is 59.9 Å². The molecule has 1 aliphatic carbocycles. The van der Waals surface area contributed by atoms with Crippen molar-refractivity contribution in [3.05, 3.63) is 71.0 Å². The Morgan fingerprint density at radius 3 is 2.52 bits per heavy atom. The molecule has 31 heavy (non-hydrogen) atoms. The Labute approximate surface area is 182 Å². The molecule has 1 N–H and O–H groups in total. The van der Waals surface area contributed by atoms with E-state index in [9.17, 15) is 19.5 Å². The SMILES string of the molecule is C=C[C@@](C)(O)CC/C=C(\C)C(=O)O[C@@H]1CC2=C(OC1(C)C)C(=O)c1ccccc1C2=O. The Balaban J connectivity index is 1.77. The van der Waals surface area contributed by atoms with Crippen LogP contribution in [0.25, 0.3) is 0 Å². The fraction of sp³-hybridized carbons (Fsp3) is 0.400. The van der Waals surface area contributed by atoms with Gasteiger partial charge in [0.25, 0.3) is 0 Å². The summed E-state index contributed by atoms with van der Waals surface area (Å²) in [5.41, 5.74) is -0.691. The van der Waals surface area contributed by atoms with Crippen molar-refractivity contribution < 1.29 is 29.0 Å². The van der Waals surface area contributed by atoms with Crippen molar-refractivity contribution in [2.75, 3.05) is 0 Å². The lowest BCUT2D eigenvalue weighted by atomic mass is 9.81. The lowest BCUT2D eigenvalue weighted by Crippen LogP contribution is -2.48. The van der Waals surface area contributed by atoms with Crippen LogP contribution in [0.5, 0.6) is 0 Å². The molecule has 0 amide bonds. The van der Waals surface area contributed by atoms with E-state index in [2.05, 4.69) is 6.58 Å². The lowest BCUT2D eigenvalue weighted by Gasteiger charge is -2.40. The number of Topliss-reactive ketones (excluding diaryl/α,β-unsaturated/α-hetero) is 2. The van der Waals surface area contributed by atoms with Crippen LogP contribution < -0.4 is 0 Å². The average molecular weight is 424 g/mol. The van der Waals surface area contributed by atoms with Gasteiger partial charge in [0, 0.05) is 23.1 Å². The first-order chi connectivity index (χ1) is 14.5. The number of rotatable bonds is 6. The van der Waals surface area contributed by atoms with Crippen LogP contribution in [-0.4, -0.2) is 39.9 Å². The van der Waals surface area contributed by atoms with E-state index in [-0.39, 0.29) is 29.3 Å². The largest absolute Gasteiger partial charge is 0.479 e. The number of ether oxygens (including phenoxy) is 2. The molecular weight excluding hydrogens is 396 g/mol. The van der Waals surface area contributed by atoms with Gasteiger partial charge in [-0.2, -0.15) is 0 Å². The van der Waals surface area contributed by atoms with Gasteiger partial charge in [0.1, 0.15) is 11.7 Å². The van der Waals surface area contributed by atoms with Gasteiger partial charge in [-0.25, -0.2) is 4.79 Å². The van der Waals surface area contributed by atoms with Crippen molar-refractivity contribution in [1.82, 2.24) is 0 Å². The third-order valence-corrected chi connectivity index (χ3v) is 5.81. The van der Waals surface area contributed by atoms with Crippen molar-refractivity contribution >= 4 is 17.5 Å². The standard InChI is InChI=1S/C25H28O6/c1-6-25(5,29)13-9-10-15(2)23(28)30-19-14-18-20(26)16-11-7-8-12-17(16)21(27)22(18)31-24(19,3)4/h6-8,10-12,19,29H,1,9,13-14H2,2-5H3/b15-10+/t19-,25-/m1/s1. The Morgan fingerprint density at radius 1 is 1.29 bits per heavy atom. The number of aliphatic hydroxyl groups is 1. The number of fused-ring (bicyclic) bond motifs is 1. The van der Waals surface area contributed by atoms with E-state index in [0.717, 1.165) is 0 Å². The summed E-state index contributed by atoms with van der Waals surface area (Å²) in [4.78, 5) is 38.5. The van der Waals surface area contributed by atoms with Crippen LogP contribution >= 0.6 is 0 Å². The molecule has 0 bridgehead atoms. The molecule has 2 atom stereocenters. The predicted octanol–water partition coefficient (Wildman–Crippen LogP) is 4.09. The number of carbonyl (C=O) groups excluding carboxylic acids is 3. The summed E-state index contributed by atoms with van der Waals surface area (Å²) in [5.74, 6) is -1.09. The van der Waals surface area contributed by atoms with Gasteiger partial charge in [-0.3, -0.25) is 9.59 Å². The van der Waals surface area contributed by atoms with Gasteiger partial charge in [0.2, 0.25) is 5.78 Å². The van der Waals surface area contributed by atoms with Gasteiger partial charge < -0.3 is 14.6 Å². The summed E-state index contributed by atoms with van der Waals surface area (Å²) in [5, 5.41) is 9.99. The summed E-state index contributed by atoms with van der Waals surface area (Å²) in [6.45, 7) is 10.3. The molecule has 0 aromatic heterocycles. The number of carbonyl (C=O) groups is 3. The Bertz CT molecular complexity index is 1010. The number of benzene rings is 1. The van der Waals surface area contributed by atoms with Gasteiger partial charge >= 0.3 is 5.97 Å². The van der Waals surface area contributed by atoms with Crippen molar-refractivity contribution in [1.29, 1.82) is 0 Å². The van der Waals surface area contributed by atoms with Crippen LogP contribution in [0.1, 0.15) is 67.7 Å². The maximum Gasteiger partial charge on any atom is 0.333 e. The van der Waals surface area contributed by atoms with E-state index in [1.807, 2.05) is 0 Å². The number of ketones is 2. The first-order valence-electron chi connectivity index (χ1n) is 10.3. The summed E-state index contributed by atoms with van der Waals surface area (Å²) in [6, 6.07) is 6.64. The third kappa shape index (κ3) is 4.54. The van der Waals surface area contributed by atoms with E-state index in [1.165, 1.54) is 6.08 Å². The fourth-order valence-corrected chi connectivity index (χ4v) is 3.63. The Hall–Kier alpha value is -2.99. The minimum atomic E-state index is -1.01. The summed E-state index contributed by atoms with van der Waals surface area (Å²) >= 11 is 0. The molecule has 2 aliphatic rings. The molecule has 6 nitrogen and oxygen atoms in total. The third-order valence-electron chi connectivity index (χ3n) is 5.81. The highest BCUT2D eigenvalue weighted by atomic mass is 16.6. The molecule has 1 heterocycles. The van der Waals surface area contributed by atoms with Gasteiger partial charge in [-0.05, 0) is 40.5 Å². The number of esters is 1. The second-order valence-corrected chi connectivity index (χ2v) is 8.80. The minimum absolute atomic E-state index is 0.0416. The highest BCUT2D eigenvalue weighted by Gasteiger charge is 2.47. The first kappa shape index (κ1) is 22.7. The zero-order valence-corrected chi connectivity index (χ0v) is 18.4. The quantitative estimate of drug-likeness (QED) is 0.420. The van der Waals surface area contributed by atoms with Crippen molar-refractivity contribution in [2.24, 2.45) is 0 Å². The topological polar surface area (TPSA) is 89.9 Å². The second kappa shape index (κ2) is 8.27.